The van der Waals surface area contributed by atoms with Crippen molar-refractivity contribution in [3.05, 3.63) is 45.7 Å². The Balaban J connectivity index is 1.70. The number of benzene rings is 1. The van der Waals surface area contributed by atoms with Crippen molar-refractivity contribution in [3.8, 4) is 0 Å². The van der Waals surface area contributed by atoms with Gasteiger partial charge in [0.15, 0.2) is 5.11 Å². The second-order valence-electron chi connectivity index (χ2n) is 8.57. The SMILES string of the molecule is CC[NH+](CC)CCCNC(=S)N(Cc1cc2ccc(C)cc2[nH]c1=O)C1CCCC1. The summed E-state index contributed by atoms with van der Waals surface area (Å²) in [6.07, 6.45) is 5.88. The first-order chi connectivity index (χ1) is 14.5. The summed E-state index contributed by atoms with van der Waals surface area (Å²) in [6.45, 7) is 11.5. The maximum atomic E-state index is 12.8. The standard InChI is InChI=1S/C24H36N4OS/c1-4-27(5-2)14-8-13-25-24(30)28(21-9-6-7-10-21)17-20-16-19-12-11-18(3)15-22(19)26-23(20)29/h11-12,15-16,21H,4-10,13-14,17H2,1-3H3,(H,25,30)(H,26,29)/p+1. The van der Waals surface area contributed by atoms with E-state index in [0.717, 1.165) is 59.5 Å². The third-order valence-electron chi connectivity index (χ3n) is 6.43. The van der Waals surface area contributed by atoms with E-state index in [-0.39, 0.29) is 5.56 Å². The third-order valence-corrected chi connectivity index (χ3v) is 6.81. The number of aromatic nitrogens is 1. The number of fused-ring (bicyclic) bond motifs is 1. The number of aryl methyl sites for hydroxylation is 1. The molecular weight excluding hydrogens is 392 g/mol. The van der Waals surface area contributed by atoms with Crippen LogP contribution in [-0.4, -0.2) is 47.2 Å². The van der Waals surface area contributed by atoms with Gasteiger partial charge < -0.3 is 20.1 Å². The monoisotopic (exact) mass is 429 g/mol. The number of nitrogens with one attached hydrogen (secondary N) is 3. The van der Waals surface area contributed by atoms with E-state index in [0.29, 0.717) is 12.6 Å². The zero-order chi connectivity index (χ0) is 21.5. The Labute approximate surface area is 185 Å². The lowest BCUT2D eigenvalue weighted by Gasteiger charge is -2.31. The number of H-pyrrole nitrogens is 1. The van der Waals surface area contributed by atoms with E-state index in [9.17, 15) is 4.79 Å². The van der Waals surface area contributed by atoms with Gasteiger partial charge in [0.05, 0.1) is 26.2 Å². The average Bonchev–Trinajstić information content (AvgIpc) is 3.26. The molecule has 3 rings (SSSR count). The molecule has 0 saturated heterocycles. The van der Waals surface area contributed by atoms with Gasteiger partial charge in [-0.3, -0.25) is 4.79 Å². The molecular formula is C24H37N4OS+. The molecule has 0 atom stereocenters. The number of nitrogens with zero attached hydrogens (tertiary/aromatic N) is 1. The highest BCUT2D eigenvalue weighted by atomic mass is 32.1. The summed E-state index contributed by atoms with van der Waals surface area (Å²) in [4.78, 5) is 19.7. The van der Waals surface area contributed by atoms with Gasteiger partial charge in [0.25, 0.3) is 5.56 Å². The quantitative estimate of drug-likeness (QED) is 0.424. The minimum Gasteiger partial charge on any atom is -0.362 e. The van der Waals surface area contributed by atoms with E-state index in [1.165, 1.54) is 25.9 Å². The van der Waals surface area contributed by atoms with Crippen LogP contribution in [0.3, 0.4) is 0 Å². The van der Waals surface area contributed by atoms with Gasteiger partial charge >= 0.3 is 0 Å². The van der Waals surface area contributed by atoms with Crippen LogP contribution >= 0.6 is 12.2 Å². The fourth-order valence-corrected chi connectivity index (χ4v) is 4.80. The Morgan fingerprint density at radius 1 is 1.23 bits per heavy atom. The molecule has 1 aromatic carbocycles. The lowest BCUT2D eigenvalue weighted by Crippen LogP contribution is -3.11. The summed E-state index contributed by atoms with van der Waals surface area (Å²) in [5, 5.41) is 5.34. The summed E-state index contributed by atoms with van der Waals surface area (Å²) in [6, 6.07) is 8.65. The number of pyridine rings is 1. The van der Waals surface area contributed by atoms with Gasteiger partial charge in [-0.05, 0) is 68.9 Å². The van der Waals surface area contributed by atoms with Gasteiger partial charge in [0.1, 0.15) is 0 Å². The van der Waals surface area contributed by atoms with Crippen LogP contribution in [-0.2, 0) is 6.54 Å². The van der Waals surface area contributed by atoms with Crippen molar-refractivity contribution < 1.29 is 4.90 Å². The molecule has 6 heteroatoms. The molecule has 1 aromatic heterocycles. The zero-order valence-electron chi connectivity index (χ0n) is 18.7. The highest BCUT2D eigenvalue weighted by molar-refractivity contribution is 7.80. The van der Waals surface area contributed by atoms with Crippen molar-refractivity contribution in [2.24, 2.45) is 0 Å². The van der Waals surface area contributed by atoms with Crippen LogP contribution in [0.5, 0.6) is 0 Å². The molecule has 0 spiro atoms. The van der Waals surface area contributed by atoms with Crippen molar-refractivity contribution >= 4 is 28.2 Å². The van der Waals surface area contributed by atoms with Crippen LogP contribution in [0, 0.1) is 6.92 Å². The molecule has 0 unspecified atom stereocenters. The number of hydrogen-bond donors (Lipinski definition) is 3. The lowest BCUT2D eigenvalue weighted by molar-refractivity contribution is -0.896. The van der Waals surface area contributed by atoms with E-state index < -0.39 is 0 Å². The van der Waals surface area contributed by atoms with Gasteiger partial charge in [0, 0.05) is 30.1 Å². The van der Waals surface area contributed by atoms with Crippen molar-refractivity contribution in [3.63, 3.8) is 0 Å². The Morgan fingerprint density at radius 3 is 2.67 bits per heavy atom. The van der Waals surface area contributed by atoms with Gasteiger partial charge in [-0.25, -0.2) is 0 Å². The number of thiocarbonyl (C=S) groups is 1. The number of rotatable bonds is 9. The second kappa shape index (κ2) is 10.9. The molecule has 1 aliphatic carbocycles. The Bertz CT molecular complexity index is 900. The van der Waals surface area contributed by atoms with Crippen LogP contribution in [0.4, 0.5) is 0 Å². The smallest absolute Gasteiger partial charge is 0.253 e. The minimum absolute atomic E-state index is 0.0102. The van der Waals surface area contributed by atoms with Crippen LogP contribution in [0.15, 0.2) is 29.1 Å². The van der Waals surface area contributed by atoms with Crippen LogP contribution in [0.2, 0.25) is 0 Å². The zero-order valence-corrected chi connectivity index (χ0v) is 19.5. The number of hydrogen-bond acceptors (Lipinski definition) is 2. The molecule has 0 radical (unpaired) electrons. The first kappa shape index (κ1) is 22.8. The number of quaternary nitrogens is 1. The predicted octanol–water partition coefficient (Wildman–Crippen LogP) is 2.77. The third kappa shape index (κ3) is 5.82. The van der Waals surface area contributed by atoms with Crippen LogP contribution in [0.1, 0.15) is 57.1 Å². The fourth-order valence-electron chi connectivity index (χ4n) is 4.48. The first-order valence-corrected chi connectivity index (χ1v) is 11.9. The molecule has 1 fully saturated rings. The normalized spacial score (nSPS) is 14.5. The molecule has 30 heavy (non-hydrogen) atoms. The summed E-state index contributed by atoms with van der Waals surface area (Å²) in [7, 11) is 0. The molecule has 5 nitrogen and oxygen atoms in total. The van der Waals surface area contributed by atoms with Crippen molar-refractivity contribution in [1.82, 2.24) is 15.2 Å². The maximum absolute atomic E-state index is 12.8. The topological polar surface area (TPSA) is 52.6 Å². The Morgan fingerprint density at radius 2 is 1.97 bits per heavy atom. The highest BCUT2D eigenvalue weighted by Crippen LogP contribution is 2.25. The summed E-state index contributed by atoms with van der Waals surface area (Å²) >= 11 is 5.80. The van der Waals surface area contributed by atoms with Gasteiger partial charge in [-0.2, -0.15) is 0 Å². The van der Waals surface area contributed by atoms with Crippen LogP contribution in [0.25, 0.3) is 10.9 Å². The Kier molecular flexibility index (Phi) is 8.28. The van der Waals surface area contributed by atoms with E-state index >= 15 is 0 Å². The molecule has 0 bridgehead atoms. The van der Waals surface area contributed by atoms with E-state index in [1.807, 2.05) is 19.1 Å². The summed E-state index contributed by atoms with van der Waals surface area (Å²) in [5.74, 6) is 0. The van der Waals surface area contributed by atoms with Crippen molar-refractivity contribution in [1.29, 1.82) is 0 Å². The van der Waals surface area contributed by atoms with E-state index in [2.05, 4.69) is 41.2 Å². The molecule has 0 amide bonds. The van der Waals surface area contributed by atoms with Crippen molar-refractivity contribution in [2.75, 3.05) is 26.2 Å². The fraction of sp³-hybridized carbons (Fsp3) is 0.583. The average molecular weight is 430 g/mol. The molecule has 1 saturated carbocycles. The van der Waals surface area contributed by atoms with Gasteiger partial charge in [0.2, 0.25) is 0 Å². The first-order valence-electron chi connectivity index (χ1n) is 11.5. The molecule has 2 aromatic rings. The number of aromatic amines is 1. The summed E-state index contributed by atoms with van der Waals surface area (Å²) < 4.78 is 0. The molecule has 3 N–H and O–H groups in total. The second-order valence-corrected chi connectivity index (χ2v) is 8.96. The minimum atomic E-state index is -0.0102. The lowest BCUT2D eigenvalue weighted by atomic mass is 10.1. The highest BCUT2D eigenvalue weighted by Gasteiger charge is 2.25. The largest absolute Gasteiger partial charge is 0.362 e. The Hall–Kier alpha value is -1.92. The van der Waals surface area contributed by atoms with E-state index in [1.54, 1.807) is 4.90 Å². The summed E-state index contributed by atoms with van der Waals surface area (Å²) in [5.41, 5.74) is 2.82. The molecule has 1 aliphatic rings. The molecule has 1 heterocycles. The van der Waals surface area contributed by atoms with Gasteiger partial charge in [-0.1, -0.05) is 25.0 Å². The van der Waals surface area contributed by atoms with Crippen molar-refractivity contribution in [2.45, 2.75) is 65.5 Å². The van der Waals surface area contributed by atoms with Gasteiger partial charge in [-0.15, -0.1) is 0 Å². The maximum Gasteiger partial charge on any atom is 0.253 e. The molecule has 0 aliphatic heterocycles. The molecule has 164 valence electrons. The van der Waals surface area contributed by atoms with Crippen LogP contribution < -0.4 is 15.8 Å². The van der Waals surface area contributed by atoms with E-state index in [4.69, 9.17) is 12.2 Å². The predicted molar refractivity (Wildman–Crippen MR) is 129 cm³/mol.